The van der Waals surface area contributed by atoms with Crippen molar-refractivity contribution in [1.29, 1.82) is 0 Å². The summed E-state index contributed by atoms with van der Waals surface area (Å²) < 4.78 is 13.7. The van der Waals surface area contributed by atoms with Crippen LogP contribution in [0.4, 0.5) is 14.9 Å². The molecule has 8 heteroatoms. The number of aliphatic carboxylic acids is 1. The maximum atomic E-state index is 13.4. The summed E-state index contributed by atoms with van der Waals surface area (Å²) in [5, 5.41) is 11.4. The van der Waals surface area contributed by atoms with Crippen LogP contribution in [0.15, 0.2) is 22.7 Å². The second-order valence-electron chi connectivity index (χ2n) is 4.25. The highest BCUT2D eigenvalue weighted by atomic mass is 79.9. The Morgan fingerprint density at radius 2 is 2.25 bits per heavy atom. The van der Waals surface area contributed by atoms with Gasteiger partial charge in [-0.3, -0.25) is 4.90 Å². The number of carboxylic acids is 1. The number of thioether (sulfide) groups is 1. The highest BCUT2D eigenvalue weighted by molar-refractivity contribution is 9.10. The van der Waals surface area contributed by atoms with Crippen molar-refractivity contribution in [3.05, 3.63) is 28.5 Å². The third-order valence-electron chi connectivity index (χ3n) is 2.91. The molecule has 1 heterocycles. The maximum Gasteiger partial charge on any atom is 0.327 e. The average Bonchev–Trinajstić information content (AvgIpc) is 2.76. The topological polar surface area (TPSA) is 69.6 Å². The van der Waals surface area contributed by atoms with Crippen molar-refractivity contribution in [2.75, 3.05) is 11.1 Å². The number of amides is 2. The number of carboxylic acid groups (broad SMARTS) is 1. The van der Waals surface area contributed by atoms with Gasteiger partial charge in [0.25, 0.3) is 0 Å². The van der Waals surface area contributed by atoms with E-state index in [-0.39, 0.29) is 11.1 Å². The SMILES string of the molecule is CC1SCC(C(=O)O)N1C(=O)Nc1ccc(Br)c(F)c1. The Hall–Kier alpha value is -1.28. The summed E-state index contributed by atoms with van der Waals surface area (Å²) in [5.74, 6) is -1.20. The number of hydrogen-bond acceptors (Lipinski definition) is 3. The molecule has 2 atom stereocenters. The van der Waals surface area contributed by atoms with Gasteiger partial charge >= 0.3 is 12.0 Å². The van der Waals surface area contributed by atoms with E-state index in [2.05, 4.69) is 21.2 Å². The lowest BCUT2D eigenvalue weighted by Crippen LogP contribution is -2.46. The van der Waals surface area contributed by atoms with Gasteiger partial charge in [0.15, 0.2) is 0 Å². The zero-order chi connectivity index (χ0) is 14.9. The summed E-state index contributed by atoms with van der Waals surface area (Å²) in [6.45, 7) is 1.76. The third kappa shape index (κ3) is 3.06. The van der Waals surface area contributed by atoms with Crippen LogP contribution in [0.1, 0.15) is 6.92 Å². The minimum absolute atomic E-state index is 0.239. The highest BCUT2D eigenvalue weighted by Crippen LogP contribution is 2.29. The molecule has 1 aliphatic rings. The first kappa shape index (κ1) is 15.1. The van der Waals surface area contributed by atoms with E-state index in [1.54, 1.807) is 6.92 Å². The zero-order valence-corrected chi connectivity index (χ0v) is 12.9. The predicted molar refractivity (Wildman–Crippen MR) is 78.3 cm³/mol. The van der Waals surface area contributed by atoms with Crippen molar-refractivity contribution in [3.8, 4) is 0 Å². The van der Waals surface area contributed by atoms with E-state index < -0.39 is 23.9 Å². The Bertz CT molecular complexity index is 558. The lowest BCUT2D eigenvalue weighted by molar-refractivity contribution is -0.141. The molecule has 1 aromatic rings. The van der Waals surface area contributed by atoms with Gasteiger partial charge in [-0.1, -0.05) is 0 Å². The molecule has 2 amide bonds. The van der Waals surface area contributed by atoms with Crippen LogP contribution in [0, 0.1) is 5.82 Å². The first-order valence-corrected chi connectivity index (χ1v) is 7.63. The van der Waals surface area contributed by atoms with E-state index in [4.69, 9.17) is 5.11 Å². The van der Waals surface area contributed by atoms with E-state index >= 15 is 0 Å². The summed E-state index contributed by atoms with van der Waals surface area (Å²) in [7, 11) is 0. The Morgan fingerprint density at radius 3 is 2.85 bits per heavy atom. The molecular weight excluding hydrogens is 351 g/mol. The number of nitrogens with one attached hydrogen (secondary N) is 1. The van der Waals surface area contributed by atoms with Gasteiger partial charge in [0.2, 0.25) is 0 Å². The third-order valence-corrected chi connectivity index (χ3v) is 4.77. The summed E-state index contributed by atoms with van der Waals surface area (Å²) in [6, 6.07) is 2.77. The van der Waals surface area contributed by atoms with Crippen LogP contribution in [0.3, 0.4) is 0 Å². The summed E-state index contributed by atoms with van der Waals surface area (Å²) >= 11 is 4.41. The van der Waals surface area contributed by atoms with Crippen LogP contribution in [-0.4, -0.2) is 39.2 Å². The molecule has 0 radical (unpaired) electrons. The average molecular weight is 363 g/mol. The molecule has 1 fully saturated rings. The van der Waals surface area contributed by atoms with Crippen LogP contribution < -0.4 is 5.32 Å². The molecular formula is C12H12BrFN2O3S. The van der Waals surface area contributed by atoms with E-state index in [9.17, 15) is 14.0 Å². The number of anilines is 1. The van der Waals surface area contributed by atoms with Crippen molar-refractivity contribution >= 4 is 45.4 Å². The number of carbonyl (C=O) groups is 2. The van der Waals surface area contributed by atoms with Crippen LogP contribution in [0.2, 0.25) is 0 Å². The molecule has 5 nitrogen and oxygen atoms in total. The lowest BCUT2D eigenvalue weighted by atomic mass is 10.3. The second kappa shape index (κ2) is 6.01. The van der Waals surface area contributed by atoms with Gasteiger partial charge < -0.3 is 10.4 Å². The van der Waals surface area contributed by atoms with Crippen LogP contribution in [-0.2, 0) is 4.79 Å². The monoisotopic (exact) mass is 362 g/mol. The number of carbonyl (C=O) groups excluding carboxylic acids is 1. The number of halogens is 2. The molecule has 2 unspecified atom stereocenters. The molecule has 1 aromatic carbocycles. The fraction of sp³-hybridized carbons (Fsp3) is 0.333. The number of hydrogen-bond donors (Lipinski definition) is 2. The molecule has 0 saturated carbocycles. The molecule has 0 bridgehead atoms. The molecule has 1 saturated heterocycles. The van der Waals surface area contributed by atoms with Gasteiger partial charge in [0.05, 0.1) is 9.85 Å². The van der Waals surface area contributed by atoms with Gasteiger partial charge in [-0.15, -0.1) is 11.8 Å². The molecule has 2 rings (SSSR count). The van der Waals surface area contributed by atoms with E-state index in [1.807, 2.05) is 0 Å². The normalized spacial score (nSPS) is 21.9. The van der Waals surface area contributed by atoms with Gasteiger partial charge in [0, 0.05) is 11.4 Å². The number of nitrogens with zero attached hydrogens (tertiary/aromatic N) is 1. The number of rotatable bonds is 2. The molecule has 108 valence electrons. The minimum atomic E-state index is -1.04. The Kier molecular flexibility index (Phi) is 4.54. The first-order chi connectivity index (χ1) is 9.40. The molecule has 0 spiro atoms. The largest absolute Gasteiger partial charge is 0.480 e. The Balaban J connectivity index is 2.14. The van der Waals surface area contributed by atoms with Gasteiger partial charge in [-0.2, -0.15) is 0 Å². The van der Waals surface area contributed by atoms with E-state index in [0.717, 1.165) is 0 Å². The van der Waals surface area contributed by atoms with Crippen molar-refractivity contribution in [2.45, 2.75) is 18.3 Å². The van der Waals surface area contributed by atoms with Gasteiger partial charge in [-0.05, 0) is 41.1 Å². The van der Waals surface area contributed by atoms with Crippen molar-refractivity contribution in [2.24, 2.45) is 0 Å². The fourth-order valence-corrected chi connectivity index (χ4v) is 3.32. The number of benzene rings is 1. The maximum absolute atomic E-state index is 13.4. The van der Waals surface area contributed by atoms with E-state index in [0.29, 0.717) is 10.2 Å². The van der Waals surface area contributed by atoms with Crippen LogP contribution in [0.5, 0.6) is 0 Å². The molecule has 0 aliphatic carbocycles. The molecule has 0 aromatic heterocycles. The summed E-state index contributed by atoms with van der Waals surface area (Å²) in [6.07, 6.45) is 0. The van der Waals surface area contributed by atoms with Crippen molar-refractivity contribution in [1.82, 2.24) is 4.90 Å². The zero-order valence-electron chi connectivity index (χ0n) is 10.5. The van der Waals surface area contributed by atoms with Crippen LogP contribution in [0.25, 0.3) is 0 Å². The van der Waals surface area contributed by atoms with Crippen molar-refractivity contribution < 1.29 is 19.1 Å². The predicted octanol–water partition coefficient (Wildman–Crippen LogP) is 2.97. The molecule has 20 heavy (non-hydrogen) atoms. The summed E-state index contributed by atoms with van der Waals surface area (Å²) in [5.41, 5.74) is 0.281. The van der Waals surface area contributed by atoms with Gasteiger partial charge in [0.1, 0.15) is 11.9 Å². The van der Waals surface area contributed by atoms with Gasteiger partial charge in [-0.25, -0.2) is 14.0 Å². The Morgan fingerprint density at radius 1 is 1.55 bits per heavy atom. The highest BCUT2D eigenvalue weighted by Gasteiger charge is 2.39. The quantitative estimate of drug-likeness (QED) is 0.848. The Labute approximate surface area is 127 Å². The minimum Gasteiger partial charge on any atom is -0.480 e. The lowest BCUT2D eigenvalue weighted by Gasteiger charge is -2.25. The molecule has 2 N–H and O–H groups in total. The first-order valence-electron chi connectivity index (χ1n) is 5.79. The summed E-state index contributed by atoms with van der Waals surface area (Å²) in [4.78, 5) is 24.5. The fourth-order valence-electron chi connectivity index (χ4n) is 1.90. The molecule has 1 aliphatic heterocycles. The van der Waals surface area contributed by atoms with Crippen LogP contribution >= 0.6 is 27.7 Å². The van der Waals surface area contributed by atoms with E-state index in [1.165, 1.54) is 34.9 Å². The number of urea groups is 1. The standard InChI is InChI=1S/C12H12BrFN2O3S/c1-6-16(10(5-20-6)11(17)18)12(19)15-7-2-3-8(13)9(14)4-7/h2-4,6,10H,5H2,1H3,(H,15,19)(H,17,18). The smallest absolute Gasteiger partial charge is 0.327 e. The van der Waals surface area contributed by atoms with Crippen molar-refractivity contribution in [3.63, 3.8) is 0 Å². The second-order valence-corrected chi connectivity index (χ2v) is 6.46.